The van der Waals surface area contributed by atoms with Crippen LogP contribution in [0.25, 0.3) is 0 Å². The van der Waals surface area contributed by atoms with Crippen LogP contribution in [0.1, 0.15) is 25.3 Å². The van der Waals surface area contributed by atoms with E-state index in [1.165, 1.54) is 30.8 Å². The van der Waals surface area contributed by atoms with E-state index in [1.54, 1.807) is 0 Å². The molecule has 1 unspecified atom stereocenters. The highest BCUT2D eigenvalue weighted by atomic mass is 16.7. The van der Waals surface area contributed by atoms with E-state index in [2.05, 4.69) is 6.92 Å². The number of nitrogens with one attached hydrogen (secondary N) is 1. The van der Waals surface area contributed by atoms with E-state index in [1.807, 2.05) is 18.2 Å². The molecule has 2 heterocycles. The molecule has 0 aliphatic carbocycles. The third-order valence-electron chi connectivity index (χ3n) is 4.40. The zero-order chi connectivity index (χ0) is 15.4. The van der Waals surface area contributed by atoms with Crippen LogP contribution >= 0.6 is 0 Å². The third-order valence-corrected chi connectivity index (χ3v) is 4.40. The molecule has 5 nitrogen and oxygen atoms in total. The summed E-state index contributed by atoms with van der Waals surface area (Å²) in [6.45, 7) is 6.57. The number of rotatable bonds is 6. The van der Waals surface area contributed by atoms with Crippen molar-refractivity contribution in [1.29, 1.82) is 0 Å². The van der Waals surface area contributed by atoms with Crippen molar-refractivity contribution in [2.75, 3.05) is 33.0 Å². The van der Waals surface area contributed by atoms with Gasteiger partial charge in [-0.2, -0.15) is 0 Å². The van der Waals surface area contributed by atoms with Crippen LogP contribution in [0, 0.1) is 5.92 Å². The Bertz CT molecular complexity index is 494. The van der Waals surface area contributed by atoms with Gasteiger partial charge in [0.15, 0.2) is 11.5 Å². The zero-order valence-electron chi connectivity index (χ0n) is 13.2. The fourth-order valence-corrected chi connectivity index (χ4v) is 3.32. The topological polar surface area (TPSA) is 52.4 Å². The normalized spacial score (nSPS) is 25.2. The summed E-state index contributed by atoms with van der Waals surface area (Å²) < 4.78 is 16.3. The lowest BCUT2D eigenvalue weighted by molar-refractivity contribution is -0.911. The quantitative estimate of drug-likeness (QED) is 0.808. The Hall–Kier alpha value is -1.30. The van der Waals surface area contributed by atoms with Gasteiger partial charge in [0.1, 0.15) is 12.6 Å². The van der Waals surface area contributed by atoms with E-state index in [0.717, 1.165) is 29.5 Å². The second-order valence-electron chi connectivity index (χ2n) is 6.51. The molecule has 0 amide bonds. The molecular weight excluding hydrogens is 282 g/mol. The predicted molar refractivity (Wildman–Crippen MR) is 82.2 cm³/mol. The molecule has 122 valence electrons. The smallest absolute Gasteiger partial charge is 0.231 e. The first-order chi connectivity index (χ1) is 10.7. The molecule has 2 aliphatic heterocycles. The number of ether oxygens (including phenoxy) is 3. The largest absolute Gasteiger partial charge is 0.454 e. The molecule has 0 radical (unpaired) electrons. The van der Waals surface area contributed by atoms with E-state index < -0.39 is 6.10 Å². The summed E-state index contributed by atoms with van der Waals surface area (Å²) in [6.07, 6.45) is 2.19. The van der Waals surface area contributed by atoms with Crippen LogP contribution in [0.3, 0.4) is 0 Å². The number of likely N-dealkylation sites (tertiary alicyclic amines) is 1. The van der Waals surface area contributed by atoms with Gasteiger partial charge in [0.2, 0.25) is 6.79 Å². The first-order valence-corrected chi connectivity index (χ1v) is 8.18. The molecule has 3 rings (SSSR count). The minimum Gasteiger partial charge on any atom is -0.454 e. The fourth-order valence-electron chi connectivity index (χ4n) is 3.32. The summed E-state index contributed by atoms with van der Waals surface area (Å²) >= 11 is 0. The molecule has 0 bridgehead atoms. The molecular formula is C17H26NO4+. The molecule has 22 heavy (non-hydrogen) atoms. The highest BCUT2D eigenvalue weighted by Crippen LogP contribution is 2.32. The summed E-state index contributed by atoms with van der Waals surface area (Å²) in [5.74, 6) is 2.32. The van der Waals surface area contributed by atoms with Crippen LogP contribution in [0.4, 0.5) is 0 Å². The van der Waals surface area contributed by atoms with Crippen molar-refractivity contribution in [1.82, 2.24) is 0 Å². The molecule has 1 aromatic carbocycles. The zero-order valence-corrected chi connectivity index (χ0v) is 13.2. The predicted octanol–water partition coefficient (Wildman–Crippen LogP) is 0.608. The van der Waals surface area contributed by atoms with Crippen LogP contribution < -0.4 is 14.4 Å². The van der Waals surface area contributed by atoms with E-state index in [0.29, 0.717) is 13.2 Å². The summed E-state index contributed by atoms with van der Waals surface area (Å²) in [6, 6.07) is 5.81. The summed E-state index contributed by atoms with van der Waals surface area (Å²) in [5, 5.41) is 10.1. The first-order valence-electron chi connectivity index (χ1n) is 8.18. The Morgan fingerprint density at radius 3 is 3.09 bits per heavy atom. The highest BCUT2D eigenvalue weighted by molar-refractivity contribution is 5.44. The van der Waals surface area contributed by atoms with Crippen LogP contribution in [0.2, 0.25) is 0 Å². The van der Waals surface area contributed by atoms with Gasteiger partial charge in [-0.25, -0.2) is 0 Å². The van der Waals surface area contributed by atoms with Gasteiger partial charge < -0.3 is 24.2 Å². The van der Waals surface area contributed by atoms with Crippen molar-refractivity contribution < 1.29 is 24.2 Å². The maximum Gasteiger partial charge on any atom is 0.231 e. The SMILES string of the molecule is C[C@H]1CCC[NH+](C[C@H](O)COCc2ccc3c(c2)OCO3)C1. The average Bonchev–Trinajstić information content (AvgIpc) is 2.95. The Morgan fingerprint density at radius 2 is 2.23 bits per heavy atom. The number of piperidine rings is 1. The van der Waals surface area contributed by atoms with Crippen molar-refractivity contribution in [3.8, 4) is 11.5 Å². The molecule has 1 saturated heterocycles. The number of hydrogen-bond acceptors (Lipinski definition) is 4. The first kappa shape index (κ1) is 15.6. The number of quaternary nitrogens is 1. The second-order valence-corrected chi connectivity index (χ2v) is 6.51. The number of hydrogen-bond donors (Lipinski definition) is 2. The third kappa shape index (κ3) is 4.12. The van der Waals surface area contributed by atoms with Crippen molar-refractivity contribution in [3.05, 3.63) is 23.8 Å². The van der Waals surface area contributed by atoms with Gasteiger partial charge in [0, 0.05) is 5.92 Å². The highest BCUT2D eigenvalue weighted by Gasteiger charge is 2.22. The molecule has 0 spiro atoms. The molecule has 1 fully saturated rings. The Balaban J connectivity index is 1.39. The van der Waals surface area contributed by atoms with E-state index in [4.69, 9.17) is 14.2 Å². The summed E-state index contributed by atoms with van der Waals surface area (Å²) in [4.78, 5) is 1.50. The minimum atomic E-state index is -0.394. The molecule has 1 aromatic rings. The summed E-state index contributed by atoms with van der Waals surface area (Å²) in [5.41, 5.74) is 1.04. The van der Waals surface area contributed by atoms with Gasteiger partial charge >= 0.3 is 0 Å². The van der Waals surface area contributed by atoms with Crippen molar-refractivity contribution in [2.45, 2.75) is 32.5 Å². The van der Waals surface area contributed by atoms with Crippen LogP contribution in [0.15, 0.2) is 18.2 Å². The van der Waals surface area contributed by atoms with Crippen LogP contribution in [-0.2, 0) is 11.3 Å². The monoisotopic (exact) mass is 308 g/mol. The number of aliphatic hydroxyl groups excluding tert-OH is 1. The van der Waals surface area contributed by atoms with Crippen molar-refractivity contribution >= 4 is 0 Å². The Kier molecular flexibility index (Phi) is 5.18. The number of fused-ring (bicyclic) bond motifs is 1. The van der Waals surface area contributed by atoms with Gasteiger partial charge in [-0.3, -0.25) is 0 Å². The summed E-state index contributed by atoms with van der Waals surface area (Å²) in [7, 11) is 0. The molecule has 0 aromatic heterocycles. The maximum absolute atomic E-state index is 10.1. The van der Waals surface area contributed by atoms with E-state index >= 15 is 0 Å². The van der Waals surface area contributed by atoms with Crippen LogP contribution in [-0.4, -0.2) is 44.2 Å². The lowest BCUT2D eigenvalue weighted by Gasteiger charge is -2.29. The molecule has 3 atom stereocenters. The van der Waals surface area contributed by atoms with Gasteiger partial charge in [-0.05, 0) is 30.5 Å². The van der Waals surface area contributed by atoms with Gasteiger partial charge in [0.25, 0.3) is 0 Å². The molecule has 5 heteroatoms. The number of aliphatic hydroxyl groups is 1. The molecule has 2 N–H and O–H groups in total. The van der Waals surface area contributed by atoms with Crippen LogP contribution in [0.5, 0.6) is 11.5 Å². The molecule has 2 aliphatic rings. The Labute approximate surface area is 131 Å². The van der Waals surface area contributed by atoms with Crippen molar-refractivity contribution in [3.63, 3.8) is 0 Å². The second kappa shape index (κ2) is 7.31. The Morgan fingerprint density at radius 1 is 1.36 bits per heavy atom. The van der Waals surface area contributed by atoms with Gasteiger partial charge in [-0.1, -0.05) is 13.0 Å². The number of benzene rings is 1. The maximum atomic E-state index is 10.1. The van der Waals surface area contributed by atoms with Crippen molar-refractivity contribution in [2.24, 2.45) is 5.92 Å². The lowest BCUT2D eigenvalue weighted by Crippen LogP contribution is -3.14. The molecule has 0 saturated carbocycles. The standard InChI is InChI=1S/C17H25NO4/c1-13-3-2-6-18(8-13)9-15(19)11-20-10-14-4-5-16-17(7-14)22-12-21-16/h4-5,7,13,15,19H,2-3,6,8-12H2,1H3/p+1/t13-,15-/m0/s1. The van der Waals surface area contributed by atoms with Gasteiger partial charge in [0.05, 0.1) is 26.3 Å². The van der Waals surface area contributed by atoms with E-state index in [-0.39, 0.29) is 6.79 Å². The lowest BCUT2D eigenvalue weighted by atomic mass is 10.0. The fraction of sp³-hybridized carbons (Fsp3) is 0.647. The minimum absolute atomic E-state index is 0.287. The van der Waals surface area contributed by atoms with Gasteiger partial charge in [-0.15, -0.1) is 0 Å². The average molecular weight is 308 g/mol. The van der Waals surface area contributed by atoms with E-state index in [9.17, 15) is 5.11 Å².